The Labute approximate surface area is 103 Å². The van der Waals surface area contributed by atoms with Gasteiger partial charge in [0.15, 0.2) is 0 Å². The molecule has 1 aliphatic rings. The van der Waals surface area contributed by atoms with Gasteiger partial charge >= 0.3 is 0 Å². The summed E-state index contributed by atoms with van der Waals surface area (Å²) in [6.07, 6.45) is 2.65. The van der Waals surface area contributed by atoms with Gasteiger partial charge in [0.1, 0.15) is 11.5 Å². The molecule has 1 aromatic heterocycles. The summed E-state index contributed by atoms with van der Waals surface area (Å²) in [4.78, 5) is 2.45. The van der Waals surface area contributed by atoms with E-state index in [-0.39, 0.29) is 0 Å². The van der Waals surface area contributed by atoms with E-state index in [1.165, 1.54) is 25.9 Å². The summed E-state index contributed by atoms with van der Waals surface area (Å²) in [6, 6.07) is 4.15. The average molecular weight is 238 g/mol. The second kappa shape index (κ2) is 6.79. The molecule has 4 heteroatoms. The van der Waals surface area contributed by atoms with Gasteiger partial charge in [-0.1, -0.05) is 0 Å². The van der Waals surface area contributed by atoms with Crippen molar-refractivity contribution in [1.82, 2.24) is 10.2 Å². The second-order valence-corrected chi connectivity index (χ2v) is 4.52. The van der Waals surface area contributed by atoms with Crippen LogP contribution < -0.4 is 5.32 Å². The minimum atomic E-state index is 0.737. The number of ether oxygens (including phenoxy) is 1. The van der Waals surface area contributed by atoms with Gasteiger partial charge in [-0.15, -0.1) is 0 Å². The first-order chi connectivity index (χ1) is 8.38. The smallest absolute Gasteiger partial charge is 0.118 e. The summed E-state index contributed by atoms with van der Waals surface area (Å²) in [7, 11) is 1.71. The maximum absolute atomic E-state index is 5.78. The predicted octanol–water partition coefficient (Wildman–Crippen LogP) is 1.61. The standard InChI is InChI=1S/C13H22N2O2/c1-16-9-6-14-10-12-4-5-13(17-12)11-15-7-2-3-8-15/h4-5,14H,2-3,6-11H2,1H3. The lowest BCUT2D eigenvalue weighted by Gasteiger charge is -2.11. The minimum Gasteiger partial charge on any atom is -0.463 e. The van der Waals surface area contributed by atoms with E-state index in [1.54, 1.807) is 7.11 Å². The van der Waals surface area contributed by atoms with Gasteiger partial charge in [0.05, 0.1) is 19.7 Å². The van der Waals surface area contributed by atoms with Crippen molar-refractivity contribution in [3.05, 3.63) is 23.7 Å². The fourth-order valence-electron chi connectivity index (χ4n) is 2.15. The van der Waals surface area contributed by atoms with Crippen LogP contribution in [0.2, 0.25) is 0 Å². The number of likely N-dealkylation sites (tertiary alicyclic amines) is 1. The zero-order valence-electron chi connectivity index (χ0n) is 10.6. The number of hydrogen-bond acceptors (Lipinski definition) is 4. The van der Waals surface area contributed by atoms with Crippen LogP contribution in [0.15, 0.2) is 16.5 Å². The molecule has 96 valence electrons. The van der Waals surface area contributed by atoms with Crippen molar-refractivity contribution in [1.29, 1.82) is 0 Å². The first-order valence-electron chi connectivity index (χ1n) is 6.38. The highest BCUT2D eigenvalue weighted by molar-refractivity contribution is 5.07. The molecule has 0 spiro atoms. The van der Waals surface area contributed by atoms with Crippen molar-refractivity contribution >= 4 is 0 Å². The van der Waals surface area contributed by atoms with Crippen molar-refractivity contribution in [2.45, 2.75) is 25.9 Å². The third kappa shape index (κ3) is 4.15. The Balaban J connectivity index is 1.71. The van der Waals surface area contributed by atoms with Gasteiger partial charge in [-0.05, 0) is 38.1 Å². The van der Waals surface area contributed by atoms with E-state index in [9.17, 15) is 0 Å². The van der Waals surface area contributed by atoms with Crippen LogP contribution in [0.5, 0.6) is 0 Å². The number of furan rings is 1. The maximum Gasteiger partial charge on any atom is 0.118 e. The molecule has 0 aliphatic carbocycles. The third-order valence-corrected chi connectivity index (χ3v) is 3.08. The Bertz CT molecular complexity index is 319. The van der Waals surface area contributed by atoms with Crippen LogP contribution in [0.4, 0.5) is 0 Å². The van der Waals surface area contributed by atoms with E-state index >= 15 is 0 Å². The molecule has 1 aromatic rings. The molecule has 1 N–H and O–H groups in total. The quantitative estimate of drug-likeness (QED) is 0.732. The van der Waals surface area contributed by atoms with Gasteiger partial charge in [0, 0.05) is 13.7 Å². The molecule has 2 heterocycles. The molecule has 2 rings (SSSR count). The molecule has 0 amide bonds. The lowest BCUT2D eigenvalue weighted by Crippen LogP contribution is -2.18. The highest BCUT2D eigenvalue weighted by Crippen LogP contribution is 2.14. The monoisotopic (exact) mass is 238 g/mol. The van der Waals surface area contributed by atoms with Crippen molar-refractivity contribution < 1.29 is 9.15 Å². The molecular weight excluding hydrogens is 216 g/mol. The van der Waals surface area contributed by atoms with E-state index in [0.29, 0.717) is 0 Å². The van der Waals surface area contributed by atoms with Crippen molar-refractivity contribution in [2.24, 2.45) is 0 Å². The molecule has 0 radical (unpaired) electrons. The highest BCUT2D eigenvalue weighted by atomic mass is 16.5. The van der Waals surface area contributed by atoms with Crippen LogP contribution in [0.1, 0.15) is 24.4 Å². The Morgan fingerprint density at radius 2 is 2.06 bits per heavy atom. The number of nitrogens with zero attached hydrogens (tertiary/aromatic N) is 1. The summed E-state index contributed by atoms with van der Waals surface area (Å²) in [5.74, 6) is 2.09. The topological polar surface area (TPSA) is 37.6 Å². The fourth-order valence-corrected chi connectivity index (χ4v) is 2.15. The van der Waals surface area contributed by atoms with Gasteiger partial charge in [0.2, 0.25) is 0 Å². The Kier molecular flexibility index (Phi) is 5.04. The summed E-state index contributed by atoms with van der Waals surface area (Å²) < 4.78 is 10.8. The molecular formula is C13H22N2O2. The summed E-state index contributed by atoms with van der Waals surface area (Å²) in [5.41, 5.74) is 0. The van der Waals surface area contributed by atoms with Crippen LogP contribution in [0.25, 0.3) is 0 Å². The SMILES string of the molecule is COCCNCc1ccc(CN2CCCC2)o1. The second-order valence-electron chi connectivity index (χ2n) is 4.52. The van der Waals surface area contributed by atoms with Crippen molar-refractivity contribution in [3.63, 3.8) is 0 Å². The van der Waals surface area contributed by atoms with Crippen LogP contribution in [-0.2, 0) is 17.8 Å². The van der Waals surface area contributed by atoms with E-state index in [4.69, 9.17) is 9.15 Å². The zero-order valence-corrected chi connectivity index (χ0v) is 10.6. The van der Waals surface area contributed by atoms with Gasteiger partial charge in [-0.3, -0.25) is 4.90 Å². The fraction of sp³-hybridized carbons (Fsp3) is 0.692. The van der Waals surface area contributed by atoms with Crippen LogP contribution in [0, 0.1) is 0 Å². The van der Waals surface area contributed by atoms with E-state index < -0.39 is 0 Å². The zero-order chi connectivity index (χ0) is 11.9. The van der Waals surface area contributed by atoms with Crippen molar-refractivity contribution in [3.8, 4) is 0 Å². The van der Waals surface area contributed by atoms with Crippen LogP contribution in [0.3, 0.4) is 0 Å². The molecule has 0 atom stereocenters. The Morgan fingerprint density at radius 3 is 2.82 bits per heavy atom. The summed E-state index contributed by atoms with van der Waals surface area (Å²) >= 11 is 0. The minimum absolute atomic E-state index is 0.737. The number of nitrogens with one attached hydrogen (secondary N) is 1. The molecule has 17 heavy (non-hydrogen) atoms. The molecule has 1 aliphatic heterocycles. The molecule has 1 fully saturated rings. The van der Waals surface area contributed by atoms with Gasteiger partial charge in [-0.25, -0.2) is 0 Å². The van der Waals surface area contributed by atoms with Gasteiger partial charge in [0.25, 0.3) is 0 Å². The molecule has 0 aromatic carbocycles. The van der Waals surface area contributed by atoms with E-state index in [1.807, 2.05) is 0 Å². The van der Waals surface area contributed by atoms with E-state index in [0.717, 1.165) is 37.8 Å². The maximum atomic E-state index is 5.78. The largest absolute Gasteiger partial charge is 0.463 e. The van der Waals surface area contributed by atoms with E-state index in [2.05, 4.69) is 22.3 Å². The molecule has 0 unspecified atom stereocenters. The Morgan fingerprint density at radius 1 is 1.29 bits per heavy atom. The lowest BCUT2D eigenvalue weighted by atomic mass is 10.4. The first-order valence-corrected chi connectivity index (χ1v) is 6.38. The summed E-state index contributed by atoms with van der Waals surface area (Å²) in [6.45, 7) is 5.76. The normalized spacial score (nSPS) is 16.8. The number of hydrogen-bond donors (Lipinski definition) is 1. The van der Waals surface area contributed by atoms with Crippen molar-refractivity contribution in [2.75, 3.05) is 33.4 Å². The third-order valence-electron chi connectivity index (χ3n) is 3.08. The van der Waals surface area contributed by atoms with Gasteiger partial charge in [-0.2, -0.15) is 0 Å². The summed E-state index contributed by atoms with van der Waals surface area (Å²) in [5, 5.41) is 3.28. The number of methoxy groups -OCH3 is 1. The lowest BCUT2D eigenvalue weighted by molar-refractivity contribution is 0.198. The highest BCUT2D eigenvalue weighted by Gasteiger charge is 2.13. The number of rotatable bonds is 7. The Hall–Kier alpha value is -0.840. The van der Waals surface area contributed by atoms with Crippen LogP contribution in [-0.4, -0.2) is 38.3 Å². The average Bonchev–Trinajstić information content (AvgIpc) is 2.97. The van der Waals surface area contributed by atoms with Crippen LogP contribution >= 0.6 is 0 Å². The molecule has 4 nitrogen and oxygen atoms in total. The molecule has 0 bridgehead atoms. The molecule has 1 saturated heterocycles. The molecule has 0 saturated carbocycles. The first kappa shape index (κ1) is 12.6. The van der Waals surface area contributed by atoms with Gasteiger partial charge < -0.3 is 14.5 Å². The predicted molar refractivity (Wildman–Crippen MR) is 66.8 cm³/mol.